The van der Waals surface area contributed by atoms with Gasteiger partial charge in [0, 0.05) is 58.2 Å². The van der Waals surface area contributed by atoms with Crippen molar-refractivity contribution in [1.29, 1.82) is 0 Å². The van der Waals surface area contributed by atoms with Crippen LogP contribution in [-0.2, 0) is 52.2 Å². The lowest BCUT2D eigenvalue weighted by Crippen LogP contribution is -2.55. The van der Waals surface area contributed by atoms with Gasteiger partial charge in [0.15, 0.2) is 18.4 Å². The highest BCUT2D eigenvalue weighted by Gasteiger charge is 2.52. The molecule has 0 unspecified atom stereocenters. The average molecular weight is 845 g/mol. The maximum atomic E-state index is 14.3. The van der Waals surface area contributed by atoms with Crippen LogP contribution in [0, 0.1) is 29.6 Å². The van der Waals surface area contributed by atoms with Crippen molar-refractivity contribution >= 4 is 5.97 Å². The zero-order chi connectivity index (χ0) is 43.0. The lowest BCUT2D eigenvalue weighted by atomic mass is 9.75. The van der Waals surface area contributed by atoms with Crippen molar-refractivity contribution in [3.05, 3.63) is 47.1 Å². The van der Waals surface area contributed by atoms with Gasteiger partial charge < -0.3 is 57.6 Å². The molecule has 13 heteroatoms. The van der Waals surface area contributed by atoms with Gasteiger partial charge in [-0.2, -0.15) is 0 Å². The number of fused-ring (bicyclic) bond motifs is 2. The molecule has 1 spiro atoms. The third-order valence-electron chi connectivity index (χ3n) is 14.2. The van der Waals surface area contributed by atoms with Gasteiger partial charge in [0.1, 0.15) is 24.4 Å². The Morgan fingerprint density at radius 3 is 2.33 bits per heavy atom. The quantitative estimate of drug-likeness (QED) is 0.225. The Bertz CT molecular complexity index is 1610. The highest BCUT2D eigenvalue weighted by Crippen LogP contribution is 2.46. The van der Waals surface area contributed by atoms with E-state index in [1.165, 1.54) is 0 Å². The van der Waals surface area contributed by atoms with Crippen molar-refractivity contribution in [2.24, 2.45) is 29.6 Å². The average Bonchev–Trinajstić information content (AvgIpc) is 3.63. The molecule has 19 atom stereocenters. The predicted octanol–water partition coefficient (Wildman–Crippen LogP) is 6.10. The summed E-state index contributed by atoms with van der Waals surface area (Å²) >= 11 is 0. The number of allylic oxidation sites excluding steroid dienone is 2. The minimum absolute atomic E-state index is 0.0247. The zero-order valence-corrected chi connectivity index (χ0v) is 37.4. The minimum atomic E-state index is -0.863. The monoisotopic (exact) mass is 844 g/mol. The molecule has 1 aliphatic carbocycles. The maximum absolute atomic E-state index is 14.3. The molecule has 2 bridgehead atoms. The third-order valence-corrected chi connectivity index (χ3v) is 14.2. The molecule has 6 heterocycles. The first-order chi connectivity index (χ1) is 28.6. The Labute approximate surface area is 357 Å². The lowest BCUT2D eigenvalue weighted by molar-refractivity contribution is -0.340. The summed E-state index contributed by atoms with van der Waals surface area (Å²) in [6.07, 6.45) is 7.98. The summed E-state index contributed by atoms with van der Waals surface area (Å²) in [5, 5.41) is 21.7. The van der Waals surface area contributed by atoms with Crippen LogP contribution in [0.5, 0.6) is 0 Å². The molecule has 0 aromatic heterocycles. The number of ether oxygens (including phenoxy) is 10. The normalized spacial score (nSPS) is 49.0. The van der Waals surface area contributed by atoms with E-state index in [0.29, 0.717) is 56.1 Å². The Morgan fingerprint density at radius 2 is 1.60 bits per heavy atom. The standard InChI is InChI=1S/C47H72O13/c1-24(2)42-27(5)16-17-47(60-42)22-33-19-32(59-47)15-14-26(4)43(25(3)12-11-13-31-23-53-45-39(31)34(46(50)56-33)18-28(6)40(45)48)57-38-21-36(52-10)44(30(8)55-38)58-37-20-35(51-9)41(49)29(7)54-37/h11-14,18,24-25,27,29-30,32-45,48-49H,15-17,19-23H2,1-10H3/b12-11+,26-14+,31-13+/t25-,27-,29-,30-,32+,33-,34+,35+,36+,37-,38-,39+,40+,41-,42-,43-,44-,45+,47+/m0/s1. The number of hydrogen-bond donors (Lipinski definition) is 2. The molecule has 13 nitrogen and oxygen atoms in total. The van der Waals surface area contributed by atoms with E-state index in [4.69, 9.17) is 47.4 Å². The van der Waals surface area contributed by atoms with Crippen molar-refractivity contribution in [3.8, 4) is 0 Å². The van der Waals surface area contributed by atoms with Crippen LogP contribution in [0.15, 0.2) is 47.1 Å². The summed E-state index contributed by atoms with van der Waals surface area (Å²) in [4.78, 5) is 14.3. The molecule has 2 N–H and O–H groups in total. The van der Waals surface area contributed by atoms with E-state index < -0.39 is 73.1 Å². The molecule has 6 aliphatic heterocycles. The fourth-order valence-corrected chi connectivity index (χ4v) is 10.8. The SMILES string of the molecule is CO[C@@H]1C[C@H](O[C@H]2[C@H](C)O[C@@H](O[C@@H]3/C(C)=C/C[C@@H]4C[C@@H](C[C@]5(CC[C@H](C)[C@H](C(C)C)O5)O4)OC(=O)[C@@H]4C=C(C)[C@@H](O)[C@@H]5OC/C(=C\C=C\[C@@H]3C)[C@@H]54)C[C@H]2OC)O[C@@H](C)[C@@H]1O. The third kappa shape index (κ3) is 9.87. The molecule has 0 aromatic rings. The number of methoxy groups -OCH3 is 2. The van der Waals surface area contributed by atoms with Gasteiger partial charge in [0.05, 0.1) is 61.4 Å². The van der Waals surface area contributed by atoms with E-state index >= 15 is 0 Å². The highest BCUT2D eigenvalue weighted by atomic mass is 16.7. The Morgan fingerprint density at radius 1 is 0.883 bits per heavy atom. The van der Waals surface area contributed by atoms with E-state index in [-0.39, 0.29) is 42.2 Å². The summed E-state index contributed by atoms with van der Waals surface area (Å²) in [6.45, 7) is 16.8. The number of rotatable bonds is 7. The Hall–Kier alpha value is -2.01. The van der Waals surface area contributed by atoms with Gasteiger partial charge in [0.2, 0.25) is 0 Å². The second kappa shape index (κ2) is 19.4. The van der Waals surface area contributed by atoms with Crippen LogP contribution >= 0.6 is 0 Å². The molecule has 0 saturated carbocycles. The first-order valence-corrected chi connectivity index (χ1v) is 22.5. The van der Waals surface area contributed by atoms with Crippen LogP contribution in [0.25, 0.3) is 0 Å². The molecule has 7 rings (SSSR count). The van der Waals surface area contributed by atoms with Crippen molar-refractivity contribution in [2.75, 3.05) is 20.8 Å². The van der Waals surface area contributed by atoms with Gasteiger partial charge >= 0.3 is 5.97 Å². The van der Waals surface area contributed by atoms with Gasteiger partial charge in [-0.1, -0.05) is 58.1 Å². The van der Waals surface area contributed by atoms with E-state index in [9.17, 15) is 15.0 Å². The first-order valence-electron chi connectivity index (χ1n) is 22.5. The smallest absolute Gasteiger partial charge is 0.313 e. The van der Waals surface area contributed by atoms with Crippen LogP contribution in [0.4, 0.5) is 0 Å². The molecule has 0 aromatic carbocycles. The highest BCUT2D eigenvalue weighted by molar-refractivity contribution is 5.76. The fourth-order valence-electron chi connectivity index (χ4n) is 10.8. The summed E-state index contributed by atoms with van der Waals surface area (Å²) < 4.78 is 64.1. The first kappa shape index (κ1) is 46.0. The second-order valence-electron chi connectivity index (χ2n) is 19.1. The largest absolute Gasteiger partial charge is 0.462 e. The van der Waals surface area contributed by atoms with Crippen molar-refractivity contribution in [3.63, 3.8) is 0 Å². The number of esters is 1. The van der Waals surface area contributed by atoms with Crippen molar-refractivity contribution < 1.29 is 62.4 Å². The number of hydrogen-bond acceptors (Lipinski definition) is 13. The van der Waals surface area contributed by atoms with Crippen LogP contribution < -0.4 is 0 Å². The summed E-state index contributed by atoms with van der Waals surface area (Å²) in [6, 6.07) is 0. The molecule has 60 heavy (non-hydrogen) atoms. The summed E-state index contributed by atoms with van der Waals surface area (Å²) in [7, 11) is 3.25. The van der Waals surface area contributed by atoms with Crippen LogP contribution in [-0.4, -0.2) is 129 Å². The number of carbonyl (C=O) groups is 1. The van der Waals surface area contributed by atoms with Gasteiger partial charge in [0.25, 0.3) is 0 Å². The molecular weight excluding hydrogens is 773 g/mol. The molecule has 338 valence electrons. The predicted molar refractivity (Wildman–Crippen MR) is 221 cm³/mol. The van der Waals surface area contributed by atoms with Gasteiger partial charge in [-0.05, 0) is 69.1 Å². The van der Waals surface area contributed by atoms with Crippen molar-refractivity contribution in [1.82, 2.24) is 0 Å². The zero-order valence-electron chi connectivity index (χ0n) is 37.4. The van der Waals surface area contributed by atoms with Gasteiger partial charge in [-0.25, -0.2) is 0 Å². The number of aliphatic hydroxyl groups is 2. The lowest BCUT2D eigenvalue weighted by Gasteiger charge is -2.50. The molecule has 0 amide bonds. The number of aliphatic hydroxyl groups excluding tert-OH is 2. The number of carbonyl (C=O) groups excluding carboxylic acids is 1. The Balaban J connectivity index is 1.16. The molecule has 5 saturated heterocycles. The minimum Gasteiger partial charge on any atom is -0.462 e. The van der Waals surface area contributed by atoms with Gasteiger partial charge in [-0.15, -0.1) is 0 Å². The van der Waals surface area contributed by atoms with Gasteiger partial charge in [-0.3, -0.25) is 4.79 Å². The summed E-state index contributed by atoms with van der Waals surface area (Å²) in [5.74, 6) is -1.51. The van der Waals surface area contributed by atoms with Crippen molar-refractivity contribution in [2.45, 2.75) is 192 Å². The molecule has 7 aliphatic rings. The second-order valence-corrected chi connectivity index (χ2v) is 19.1. The topological polar surface area (TPSA) is 150 Å². The molecule has 0 radical (unpaired) electrons. The van der Waals surface area contributed by atoms with E-state index in [0.717, 1.165) is 24.0 Å². The Kier molecular flexibility index (Phi) is 14.9. The van der Waals surface area contributed by atoms with Crippen LogP contribution in [0.1, 0.15) is 100 Å². The molecule has 5 fully saturated rings. The fraction of sp³-hybridized carbons (Fsp3) is 0.809. The van der Waals surface area contributed by atoms with E-state index in [1.54, 1.807) is 14.2 Å². The maximum Gasteiger partial charge on any atom is 0.313 e. The van der Waals surface area contributed by atoms with E-state index in [1.807, 2.05) is 39.0 Å². The van der Waals surface area contributed by atoms with E-state index in [2.05, 4.69) is 46.8 Å². The van der Waals surface area contributed by atoms with Crippen LogP contribution in [0.2, 0.25) is 0 Å². The van der Waals surface area contributed by atoms with Crippen LogP contribution in [0.3, 0.4) is 0 Å². The summed E-state index contributed by atoms with van der Waals surface area (Å²) in [5.41, 5.74) is 2.69. The molecular formula is C47H72O13.